The van der Waals surface area contributed by atoms with Crippen LogP contribution in [0.1, 0.15) is 24.0 Å². The first-order valence-electron chi connectivity index (χ1n) is 9.66. The number of nitrogens with one attached hydrogen (secondary N) is 1. The average molecular weight is 359 g/mol. The van der Waals surface area contributed by atoms with E-state index in [1.165, 1.54) is 10.9 Å². The smallest absolute Gasteiger partial charge is 0.223 e. The number of para-hydroxylation sites is 1. The number of amides is 1. The monoisotopic (exact) mass is 359 g/mol. The summed E-state index contributed by atoms with van der Waals surface area (Å²) in [6.07, 6.45) is 3.69. The number of rotatable bonds is 5. The van der Waals surface area contributed by atoms with Crippen molar-refractivity contribution < 1.29 is 4.79 Å². The predicted octanol–water partition coefficient (Wildman–Crippen LogP) is 3.76. The van der Waals surface area contributed by atoms with Gasteiger partial charge in [0.25, 0.3) is 0 Å². The number of hydrogen-bond donors (Lipinski definition) is 1. The largest absolute Gasteiger partial charge is 0.352 e. The van der Waals surface area contributed by atoms with Crippen LogP contribution >= 0.6 is 0 Å². The van der Waals surface area contributed by atoms with Crippen LogP contribution in [0, 0.1) is 5.92 Å². The van der Waals surface area contributed by atoms with E-state index < -0.39 is 0 Å². The second-order valence-electron chi connectivity index (χ2n) is 7.25. The van der Waals surface area contributed by atoms with Crippen LogP contribution in [-0.2, 0) is 17.9 Å². The summed E-state index contributed by atoms with van der Waals surface area (Å²) in [4.78, 5) is 19.5. The Hall–Kier alpha value is -2.72. The molecule has 4 heteroatoms. The number of piperidine rings is 1. The maximum Gasteiger partial charge on any atom is 0.223 e. The molecule has 1 amide bonds. The van der Waals surface area contributed by atoms with Gasteiger partial charge in [-0.25, -0.2) is 0 Å². The van der Waals surface area contributed by atoms with Gasteiger partial charge >= 0.3 is 0 Å². The van der Waals surface area contributed by atoms with Crippen LogP contribution in [0.3, 0.4) is 0 Å². The highest BCUT2D eigenvalue weighted by atomic mass is 16.1. The Morgan fingerprint density at radius 3 is 2.59 bits per heavy atom. The minimum Gasteiger partial charge on any atom is -0.352 e. The van der Waals surface area contributed by atoms with Gasteiger partial charge in [-0.3, -0.25) is 14.7 Å². The van der Waals surface area contributed by atoms with Crippen LogP contribution in [0.15, 0.2) is 66.9 Å². The average Bonchev–Trinajstić information content (AvgIpc) is 2.74. The molecule has 1 saturated heterocycles. The lowest BCUT2D eigenvalue weighted by Crippen LogP contribution is -2.40. The number of hydrogen-bond acceptors (Lipinski definition) is 3. The molecule has 3 aromatic rings. The normalized spacial score (nSPS) is 15.7. The van der Waals surface area contributed by atoms with Crippen molar-refractivity contribution in [1.29, 1.82) is 0 Å². The minimum absolute atomic E-state index is 0.121. The predicted molar refractivity (Wildman–Crippen MR) is 108 cm³/mol. The Bertz CT molecular complexity index is 896. The van der Waals surface area contributed by atoms with E-state index in [0.717, 1.165) is 43.6 Å². The summed E-state index contributed by atoms with van der Waals surface area (Å²) >= 11 is 0. The molecule has 0 saturated carbocycles. The molecule has 1 fully saturated rings. The Balaban J connectivity index is 1.30. The summed E-state index contributed by atoms with van der Waals surface area (Å²) in [6, 6.07) is 20.5. The number of nitrogens with zero attached hydrogens (tertiary/aromatic N) is 2. The Labute approximate surface area is 160 Å². The Morgan fingerprint density at radius 1 is 1.00 bits per heavy atom. The molecule has 1 aliphatic heterocycles. The fraction of sp³-hybridized carbons (Fsp3) is 0.304. The highest BCUT2D eigenvalue weighted by Gasteiger charge is 2.25. The number of fused-ring (bicyclic) bond motifs is 1. The second kappa shape index (κ2) is 8.31. The van der Waals surface area contributed by atoms with Crippen LogP contribution in [-0.4, -0.2) is 28.9 Å². The summed E-state index contributed by atoms with van der Waals surface area (Å²) in [5, 5.41) is 4.28. The molecular weight excluding hydrogens is 334 g/mol. The van der Waals surface area contributed by atoms with Gasteiger partial charge in [-0.05, 0) is 43.1 Å². The van der Waals surface area contributed by atoms with Gasteiger partial charge in [0.2, 0.25) is 5.91 Å². The number of carbonyl (C=O) groups excluding carboxylic acids is 1. The quantitative estimate of drug-likeness (QED) is 0.754. The third kappa shape index (κ3) is 4.34. The highest BCUT2D eigenvalue weighted by Crippen LogP contribution is 2.22. The van der Waals surface area contributed by atoms with E-state index in [4.69, 9.17) is 0 Å². The maximum absolute atomic E-state index is 12.5. The Morgan fingerprint density at radius 2 is 1.78 bits per heavy atom. The zero-order valence-electron chi connectivity index (χ0n) is 15.5. The minimum atomic E-state index is 0.121. The molecule has 0 aliphatic carbocycles. The van der Waals surface area contributed by atoms with Crippen LogP contribution in [0.5, 0.6) is 0 Å². The molecule has 27 heavy (non-hydrogen) atoms. The molecule has 0 radical (unpaired) electrons. The zero-order chi connectivity index (χ0) is 18.5. The number of likely N-dealkylation sites (tertiary alicyclic amines) is 1. The second-order valence-corrected chi connectivity index (χ2v) is 7.25. The van der Waals surface area contributed by atoms with Gasteiger partial charge in [-0.1, -0.05) is 54.6 Å². The summed E-state index contributed by atoms with van der Waals surface area (Å²) in [5.74, 6) is 0.306. The van der Waals surface area contributed by atoms with E-state index in [-0.39, 0.29) is 11.8 Å². The van der Waals surface area contributed by atoms with Crippen molar-refractivity contribution in [2.75, 3.05) is 13.1 Å². The van der Waals surface area contributed by atoms with Gasteiger partial charge < -0.3 is 5.32 Å². The molecule has 0 unspecified atom stereocenters. The van der Waals surface area contributed by atoms with Crippen LogP contribution in [0.2, 0.25) is 0 Å². The van der Waals surface area contributed by atoms with E-state index in [2.05, 4.69) is 39.5 Å². The highest BCUT2D eigenvalue weighted by molar-refractivity contribution is 5.81. The van der Waals surface area contributed by atoms with E-state index in [9.17, 15) is 4.79 Å². The van der Waals surface area contributed by atoms with Crippen molar-refractivity contribution in [2.45, 2.75) is 25.9 Å². The van der Waals surface area contributed by atoms with Crippen molar-refractivity contribution in [1.82, 2.24) is 15.2 Å². The van der Waals surface area contributed by atoms with Crippen LogP contribution in [0.25, 0.3) is 10.9 Å². The molecule has 4 rings (SSSR count). The number of benzene rings is 2. The lowest BCUT2D eigenvalue weighted by molar-refractivity contribution is -0.126. The molecule has 0 atom stereocenters. The summed E-state index contributed by atoms with van der Waals surface area (Å²) in [7, 11) is 0. The van der Waals surface area contributed by atoms with Gasteiger partial charge in [-0.15, -0.1) is 0 Å². The van der Waals surface area contributed by atoms with E-state index in [1.807, 2.05) is 42.6 Å². The van der Waals surface area contributed by atoms with Gasteiger partial charge in [0.1, 0.15) is 0 Å². The molecule has 1 aliphatic rings. The lowest BCUT2D eigenvalue weighted by Gasteiger charge is -2.31. The first-order chi connectivity index (χ1) is 13.3. The summed E-state index contributed by atoms with van der Waals surface area (Å²) < 4.78 is 0. The van der Waals surface area contributed by atoms with Crippen LogP contribution in [0.4, 0.5) is 0 Å². The topological polar surface area (TPSA) is 45.2 Å². The third-order valence-corrected chi connectivity index (χ3v) is 5.38. The van der Waals surface area contributed by atoms with Gasteiger partial charge in [-0.2, -0.15) is 0 Å². The van der Waals surface area contributed by atoms with Crippen molar-refractivity contribution in [3.05, 3.63) is 78.0 Å². The number of carbonyl (C=O) groups is 1. The first-order valence-corrected chi connectivity index (χ1v) is 9.66. The van der Waals surface area contributed by atoms with E-state index >= 15 is 0 Å². The van der Waals surface area contributed by atoms with Crippen LogP contribution < -0.4 is 5.32 Å². The standard InChI is InChI=1S/C23H25N3O/c27-23(25-16-18-6-2-1-3-7-18)20-11-14-26(15-12-20)17-21-9-4-8-19-10-5-13-24-22(19)21/h1-10,13,20H,11-12,14-17H2,(H,25,27). The molecule has 1 N–H and O–H groups in total. The van der Waals surface area contributed by atoms with Crippen molar-refractivity contribution in [3.63, 3.8) is 0 Å². The number of aromatic nitrogens is 1. The van der Waals surface area contributed by atoms with Crippen molar-refractivity contribution >= 4 is 16.8 Å². The molecule has 138 valence electrons. The molecule has 4 nitrogen and oxygen atoms in total. The maximum atomic E-state index is 12.5. The molecule has 2 heterocycles. The lowest BCUT2D eigenvalue weighted by atomic mass is 9.95. The fourth-order valence-electron chi connectivity index (χ4n) is 3.82. The first kappa shape index (κ1) is 17.7. The van der Waals surface area contributed by atoms with Gasteiger partial charge in [0.15, 0.2) is 0 Å². The zero-order valence-corrected chi connectivity index (χ0v) is 15.5. The van der Waals surface area contributed by atoms with E-state index in [1.54, 1.807) is 0 Å². The Kier molecular flexibility index (Phi) is 5.45. The fourth-order valence-corrected chi connectivity index (χ4v) is 3.82. The SMILES string of the molecule is O=C(NCc1ccccc1)C1CCN(Cc2cccc3cccnc23)CC1. The number of pyridine rings is 1. The van der Waals surface area contributed by atoms with Gasteiger partial charge in [0.05, 0.1) is 5.52 Å². The molecule has 0 bridgehead atoms. The molecule has 2 aromatic carbocycles. The van der Waals surface area contributed by atoms with Gasteiger partial charge in [0, 0.05) is 30.6 Å². The molecular formula is C23H25N3O. The summed E-state index contributed by atoms with van der Waals surface area (Å²) in [6.45, 7) is 3.41. The third-order valence-electron chi connectivity index (χ3n) is 5.38. The molecule has 0 spiro atoms. The van der Waals surface area contributed by atoms with Crippen molar-refractivity contribution in [3.8, 4) is 0 Å². The van der Waals surface area contributed by atoms with E-state index in [0.29, 0.717) is 6.54 Å². The van der Waals surface area contributed by atoms with Crippen molar-refractivity contribution in [2.24, 2.45) is 5.92 Å². The molecule has 1 aromatic heterocycles. The summed E-state index contributed by atoms with van der Waals surface area (Å²) in [5.41, 5.74) is 3.49.